The first-order valence-corrected chi connectivity index (χ1v) is 11.1. The SMILES string of the molecule is CCOC(=O)C1C(=O)N(CCc2ccccc2)c2nc3ccccc3n2C1c1ccncc1. The summed E-state index contributed by atoms with van der Waals surface area (Å²) in [4.78, 5) is 37.6. The Balaban J connectivity index is 1.67. The van der Waals surface area contributed by atoms with Crippen LogP contribution in [0.4, 0.5) is 5.95 Å². The zero-order chi connectivity index (χ0) is 22.8. The van der Waals surface area contributed by atoms with Crippen molar-refractivity contribution >= 4 is 28.9 Å². The van der Waals surface area contributed by atoms with Crippen molar-refractivity contribution in [3.63, 3.8) is 0 Å². The van der Waals surface area contributed by atoms with Crippen LogP contribution in [0.1, 0.15) is 24.1 Å². The van der Waals surface area contributed by atoms with E-state index in [1.165, 1.54) is 0 Å². The van der Waals surface area contributed by atoms with Crippen molar-refractivity contribution in [1.82, 2.24) is 14.5 Å². The molecule has 5 rings (SSSR count). The molecule has 0 radical (unpaired) electrons. The molecule has 0 N–H and O–H groups in total. The summed E-state index contributed by atoms with van der Waals surface area (Å²) in [5.41, 5.74) is 3.55. The summed E-state index contributed by atoms with van der Waals surface area (Å²) in [6.45, 7) is 2.36. The van der Waals surface area contributed by atoms with Gasteiger partial charge < -0.3 is 9.30 Å². The highest BCUT2D eigenvalue weighted by atomic mass is 16.5. The van der Waals surface area contributed by atoms with Gasteiger partial charge in [0.1, 0.15) is 0 Å². The number of fused-ring (bicyclic) bond motifs is 3. The van der Waals surface area contributed by atoms with Crippen LogP contribution in [0.2, 0.25) is 0 Å². The van der Waals surface area contributed by atoms with E-state index in [0.717, 1.165) is 22.2 Å². The lowest BCUT2D eigenvalue weighted by Crippen LogP contribution is -2.50. The monoisotopic (exact) mass is 440 g/mol. The number of rotatable bonds is 6. The Labute approximate surface area is 191 Å². The van der Waals surface area contributed by atoms with Crippen molar-refractivity contribution in [2.75, 3.05) is 18.1 Å². The third-order valence-corrected chi connectivity index (χ3v) is 6.00. The summed E-state index contributed by atoms with van der Waals surface area (Å²) in [5.74, 6) is -1.31. The van der Waals surface area contributed by atoms with Crippen LogP contribution in [0.5, 0.6) is 0 Å². The molecule has 0 saturated carbocycles. The summed E-state index contributed by atoms with van der Waals surface area (Å²) in [7, 11) is 0. The van der Waals surface area contributed by atoms with Gasteiger partial charge in [0, 0.05) is 18.9 Å². The normalized spacial score (nSPS) is 17.7. The van der Waals surface area contributed by atoms with Gasteiger partial charge in [0.2, 0.25) is 11.9 Å². The lowest BCUT2D eigenvalue weighted by atomic mass is 9.89. The van der Waals surface area contributed by atoms with Crippen molar-refractivity contribution in [2.45, 2.75) is 19.4 Å². The summed E-state index contributed by atoms with van der Waals surface area (Å²) >= 11 is 0. The van der Waals surface area contributed by atoms with Gasteiger partial charge in [-0.1, -0.05) is 42.5 Å². The molecular weight excluding hydrogens is 416 g/mol. The first-order valence-electron chi connectivity index (χ1n) is 11.1. The number of imidazole rings is 1. The van der Waals surface area contributed by atoms with Gasteiger partial charge in [0.05, 0.1) is 23.7 Å². The molecule has 7 nitrogen and oxygen atoms in total. The van der Waals surface area contributed by atoms with Gasteiger partial charge in [-0.15, -0.1) is 0 Å². The molecule has 2 aromatic carbocycles. The van der Waals surface area contributed by atoms with Crippen LogP contribution in [-0.4, -0.2) is 39.6 Å². The second-order valence-electron chi connectivity index (χ2n) is 7.95. The highest BCUT2D eigenvalue weighted by molar-refractivity contribution is 6.08. The summed E-state index contributed by atoms with van der Waals surface area (Å²) in [5, 5.41) is 0. The number of carbonyl (C=O) groups excluding carboxylic acids is 2. The highest BCUT2D eigenvalue weighted by Gasteiger charge is 2.47. The second-order valence-corrected chi connectivity index (χ2v) is 7.95. The van der Waals surface area contributed by atoms with Gasteiger partial charge in [0.15, 0.2) is 5.92 Å². The molecule has 1 aliphatic rings. The largest absolute Gasteiger partial charge is 0.465 e. The van der Waals surface area contributed by atoms with E-state index in [4.69, 9.17) is 9.72 Å². The number of nitrogens with zero attached hydrogens (tertiary/aromatic N) is 4. The average Bonchev–Trinajstić information content (AvgIpc) is 3.23. The van der Waals surface area contributed by atoms with Gasteiger partial charge in [-0.05, 0) is 48.7 Å². The smallest absolute Gasteiger partial charge is 0.321 e. The van der Waals surface area contributed by atoms with Gasteiger partial charge >= 0.3 is 5.97 Å². The lowest BCUT2D eigenvalue weighted by Gasteiger charge is -2.38. The fourth-order valence-corrected chi connectivity index (χ4v) is 4.51. The van der Waals surface area contributed by atoms with E-state index in [1.807, 2.05) is 71.3 Å². The number of esters is 1. The zero-order valence-corrected chi connectivity index (χ0v) is 18.3. The minimum Gasteiger partial charge on any atom is -0.465 e. The summed E-state index contributed by atoms with van der Waals surface area (Å²) < 4.78 is 7.38. The minimum absolute atomic E-state index is 0.202. The van der Waals surface area contributed by atoms with Crippen molar-refractivity contribution in [1.29, 1.82) is 0 Å². The number of aromatic nitrogens is 3. The van der Waals surface area contributed by atoms with Crippen molar-refractivity contribution < 1.29 is 14.3 Å². The van der Waals surface area contributed by atoms with Crippen molar-refractivity contribution in [2.24, 2.45) is 5.92 Å². The van der Waals surface area contributed by atoms with Gasteiger partial charge in [-0.2, -0.15) is 0 Å². The number of ether oxygens (including phenoxy) is 1. The van der Waals surface area contributed by atoms with Crippen LogP contribution < -0.4 is 4.90 Å². The van der Waals surface area contributed by atoms with E-state index in [9.17, 15) is 9.59 Å². The van der Waals surface area contributed by atoms with Crippen LogP contribution in [0, 0.1) is 5.92 Å². The molecule has 0 aliphatic carbocycles. The van der Waals surface area contributed by atoms with Crippen LogP contribution in [-0.2, 0) is 20.7 Å². The van der Waals surface area contributed by atoms with Crippen LogP contribution in [0.25, 0.3) is 11.0 Å². The summed E-state index contributed by atoms with van der Waals surface area (Å²) in [6.07, 6.45) is 3.98. The maximum Gasteiger partial charge on any atom is 0.321 e. The molecule has 0 bridgehead atoms. The molecule has 2 unspecified atom stereocenters. The number of hydrogen-bond donors (Lipinski definition) is 0. The molecule has 2 aromatic heterocycles. The second kappa shape index (κ2) is 8.86. The third kappa shape index (κ3) is 3.75. The van der Waals surface area contributed by atoms with Crippen LogP contribution in [0.3, 0.4) is 0 Å². The number of hydrogen-bond acceptors (Lipinski definition) is 5. The Morgan fingerprint density at radius 3 is 2.48 bits per heavy atom. The van der Waals surface area contributed by atoms with Crippen LogP contribution >= 0.6 is 0 Å². The van der Waals surface area contributed by atoms with Gasteiger partial charge in [-0.25, -0.2) is 4.98 Å². The van der Waals surface area contributed by atoms with E-state index in [-0.39, 0.29) is 12.5 Å². The number of anilines is 1. The van der Waals surface area contributed by atoms with E-state index in [1.54, 1.807) is 24.2 Å². The van der Waals surface area contributed by atoms with E-state index < -0.39 is 17.9 Å². The third-order valence-electron chi connectivity index (χ3n) is 6.00. The molecule has 1 aliphatic heterocycles. The zero-order valence-electron chi connectivity index (χ0n) is 18.3. The fraction of sp³-hybridized carbons (Fsp3) is 0.231. The molecule has 33 heavy (non-hydrogen) atoms. The maximum atomic E-state index is 13.8. The Morgan fingerprint density at radius 2 is 1.73 bits per heavy atom. The predicted octanol–water partition coefficient (Wildman–Crippen LogP) is 3.79. The molecule has 0 saturated heterocycles. The standard InChI is InChI=1S/C26H24N4O3/c1-2-33-25(32)22-23(19-12-15-27-16-13-19)30-21-11-7-6-10-20(21)28-26(30)29(24(22)31)17-14-18-8-4-3-5-9-18/h3-13,15-16,22-23H,2,14,17H2,1H3. The Kier molecular flexibility index (Phi) is 5.60. The number of amides is 1. The molecule has 1 amide bonds. The first-order chi connectivity index (χ1) is 16.2. The Morgan fingerprint density at radius 1 is 1.00 bits per heavy atom. The lowest BCUT2D eigenvalue weighted by molar-refractivity contribution is -0.153. The Hall–Kier alpha value is -4.00. The number of carbonyl (C=O) groups is 2. The van der Waals surface area contributed by atoms with Crippen LogP contribution in [0.15, 0.2) is 79.1 Å². The molecule has 3 heterocycles. The topological polar surface area (TPSA) is 77.3 Å². The first kappa shape index (κ1) is 20.9. The van der Waals surface area contributed by atoms with Gasteiger partial charge in [-0.3, -0.25) is 19.5 Å². The molecule has 0 fully saturated rings. The van der Waals surface area contributed by atoms with E-state index in [2.05, 4.69) is 4.98 Å². The quantitative estimate of drug-likeness (QED) is 0.337. The van der Waals surface area contributed by atoms with Crippen molar-refractivity contribution in [3.8, 4) is 0 Å². The number of benzene rings is 2. The predicted molar refractivity (Wildman–Crippen MR) is 125 cm³/mol. The molecule has 0 spiro atoms. The number of para-hydroxylation sites is 2. The Bertz CT molecular complexity index is 1290. The highest BCUT2D eigenvalue weighted by Crippen LogP contribution is 2.41. The molecule has 2 atom stereocenters. The fourth-order valence-electron chi connectivity index (χ4n) is 4.51. The number of pyridine rings is 1. The van der Waals surface area contributed by atoms with Crippen molar-refractivity contribution in [3.05, 3.63) is 90.3 Å². The maximum absolute atomic E-state index is 13.8. The minimum atomic E-state index is -1.02. The summed E-state index contributed by atoms with van der Waals surface area (Å²) in [6, 6.07) is 20.8. The van der Waals surface area contributed by atoms with Gasteiger partial charge in [0.25, 0.3) is 0 Å². The molecular formula is C26H24N4O3. The molecule has 7 heteroatoms. The molecule has 4 aromatic rings. The van der Waals surface area contributed by atoms with E-state index in [0.29, 0.717) is 18.9 Å². The van der Waals surface area contributed by atoms with E-state index >= 15 is 0 Å². The average molecular weight is 441 g/mol. The molecule has 166 valence electrons.